The highest BCUT2D eigenvalue weighted by atomic mass is 35.5. The first-order valence-electron chi connectivity index (χ1n) is 4.06. The lowest BCUT2D eigenvalue weighted by atomic mass is 10.0. The molecule has 0 aliphatic carbocycles. The van der Waals surface area contributed by atoms with Gasteiger partial charge in [0.25, 0.3) is 0 Å². The third kappa shape index (κ3) is 1.15. The Labute approximate surface area is 74.6 Å². The van der Waals surface area contributed by atoms with E-state index in [9.17, 15) is 0 Å². The van der Waals surface area contributed by atoms with Gasteiger partial charge in [0.2, 0.25) is 0 Å². The van der Waals surface area contributed by atoms with Crippen molar-refractivity contribution in [2.75, 3.05) is 7.05 Å². The molecule has 0 aromatic carbocycles. The van der Waals surface area contributed by atoms with Crippen LogP contribution in [0.3, 0.4) is 0 Å². The molecule has 2 heteroatoms. The molecular weight excluding hydrogens is 158 g/mol. The zero-order valence-electron chi connectivity index (χ0n) is 7.08. The number of fused-ring (bicyclic) bond motifs is 2. The van der Waals surface area contributed by atoms with Crippen LogP contribution in [0.5, 0.6) is 0 Å². The fraction of sp³-hybridized carbons (Fsp3) is 0.778. The van der Waals surface area contributed by atoms with E-state index in [1.165, 1.54) is 12.8 Å². The summed E-state index contributed by atoms with van der Waals surface area (Å²) in [5.74, 6) is 6.60. The largest absolute Gasteiger partial charge is 1.00 e. The zero-order valence-corrected chi connectivity index (χ0v) is 7.83. The Kier molecular flexibility index (Phi) is 2.18. The molecule has 3 atom stereocenters. The van der Waals surface area contributed by atoms with Crippen LogP contribution < -0.4 is 17.3 Å². The van der Waals surface area contributed by atoms with Gasteiger partial charge in [0.05, 0.1) is 19.5 Å². The number of rotatable bonds is 0. The summed E-state index contributed by atoms with van der Waals surface area (Å²) in [6.45, 7) is 2.29. The predicted octanol–water partition coefficient (Wildman–Crippen LogP) is -3.17. The molecule has 2 aliphatic rings. The van der Waals surface area contributed by atoms with Crippen LogP contribution in [0.4, 0.5) is 0 Å². The number of hydrogen-bond donors (Lipinski definition) is 1. The number of hydrogen-bond acceptors (Lipinski definition) is 0. The lowest BCUT2D eigenvalue weighted by molar-refractivity contribution is -0.932. The maximum atomic E-state index is 3.35. The molecule has 2 heterocycles. The second-order valence-corrected chi connectivity index (χ2v) is 3.76. The molecule has 1 N–H and O–H groups in total. The van der Waals surface area contributed by atoms with Crippen LogP contribution in [0, 0.1) is 11.8 Å². The Hall–Kier alpha value is -0.190. The first-order valence-corrected chi connectivity index (χ1v) is 4.06. The summed E-state index contributed by atoms with van der Waals surface area (Å²) >= 11 is 0. The van der Waals surface area contributed by atoms with Crippen molar-refractivity contribution in [1.82, 2.24) is 0 Å². The van der Waals surface area contributed by atoms with Crippen LogP contribution in [-0.2, 0) is 0 Å². The van der Waals surface area contributed by atoms with E-state index in [1.807, 2.05) is 0 Å². The third-order valence-corrected chi connectivity index (χ3v) is 3.19. The highest BCUT2D eigenvalue weighted by Crippen LogP contribution is 2.20. The molecule has 1 nitrogen and oxygen atoms in total. The third-order valence-electron chi connectivity index (χ3n) is 3.19. The number of quaternary nitrogens is 1. The second kappa shape index (κ2) is 2.69. The summed E-state index contributed by atoms with van der Waals surface area (Å²) in [5, 5.41) is 0. The Morgan fingerprint density at radius 3 is 2.82 bits per heavy atom. The summed E-state index contributed by atoms with van der Waals surface area (Å²) in [6.07, 6.45) is 3.79. The molecule has 0 aromatic rings. The van der Waals surface area contributed by atoms with Crippen LogP contribution in [-0.4, -0.2) is 18.6 Å². The van der Waals surface area contributed by atoms with E-state index in [-0.39, 0.29) is 12.4 Å². The molecular formula is C9H14ClN. The van der Waals surface area contributed by atoms with Gasteiger partial charge in [-0.05, 0) is 5.92 Å². The lowest BCUT2D eigenvalue weighted by Crippen LogP contribution is -3.18. The average molecular weight is 172 g/mol. The van der Waals surface area contributed by atoms with E-state index in [4.69, 9.17) is 0 Å². The van der Waals surface area contributed by atoms with Crippen LogP contribution in [0.1, 0.15) is 26.2 Å². The quantitative estimate of drug-likeness (QED) is 0.367. The molecule has 2 aliphatic heterocycles. The summed E-state index contributed by atoms with van der Waals surface area (Å²) < 4.78 is 0. The standard InChI is InChI=1S/C9H13N.ClH/c1-9-6-3-4-8(5-7-9)10(9)2;/h8H,4-5,7H2,1-2H3;1H/t8-,9+;/m1./s1. The van der Waals surface area contributed by atoms with Gasteiger partial charge in [-0.15, -0.1) is 0 Å². The average Bonchev–Trinajstić information content (AvgIpc) is 2.18. The lowest BCUT2D eigenvalue weighted by Gasteiger charge is -2.29. The van der Waals surface area contributed by atoms with Gasteiger partial charge < -0.3 is 17.3 Å². The van der Waals surface area contributed by atoms with E-state index >= 15 is 0 Å². The highest BCUT2D eigenvalue weighted by molar-refractivity contribution is 5.18. The molecule has 2 bridgehead atoms. The Morgan fingerprint density at radius 2 is 2.27 bits per heavy atom. The molecule has 0 radical (unpaired) electrons. The molecule has 0 saturated carbocycles. The van der Waals surface area contributed by atoms with Gasteiger partial charge in [-0.3, -0.25) is 0 Å². The summed E-state index contributed by atoms with van der Waals surface area (Å²) in [6, 6.07) is 0.839. The first-order chi connectivity index (χ1) is 4.72. The van der Waals surface area contributed by atoms with Crippen LogP contribution in [0.2, 0.25) is 0 Å². The second-order valence-electron chi connectivity index (χ2n) is 3.76. The van der Waals surface area contributed by atoms with Gasteiger partial charge in [-0.2, -0.15) is 0 Å². The smallest absolute Gasteiger partial charge is 0.156 e. The fourth-order valence-corrected chi connectivity index (χ4v) is 2.11. The molecule has 0 spiro atoms. The SMILES string of the molecule is C[NH+]1[C@@H]2CC#C[C@@]1(C)CC2.[Cl-]. The van der Waals surface area contributed by atoms with E-state index in [0.29, 0.717) is 5.54 Å². The normalized spacial score (nSPS) is 45.6. The van der Waals surface area contributed by atoms with Crippen molar-refractivity contribution in [2.24, 2.45) is 0 Å². The van der Waals surface area contributed by atoms with Gasteiger partial charge in [0, 0.05) is 19.8 Å². The van der Waals surface area contributed by atoms with Gasteiger partial charge in [0.1, 0.15) is 0 Å². The van der Waals surface area contributed by atoms with Crippen molar-refractivity contribution in [1.29, 1.82) is 0 Å². The Bertz CT molecular complexity index is 215. The van der Waals surface area contributed by atoms with Gasteiger partial charge in [-0.1, -0.05) is 5.92 Å². The zero-order chi connectivity index (χ0) is 7.19. The molecule has 0 amide bonds. The highest BCUT2D eigenvalue weighted by Gasteiger charge is 2.44. The monoisotopic (exact) mass is 171 g/mol. The van der Waals surface area contributed by atoms with E-state index in [1.54, 1.807) is 4.90 Å². The van der Waals surface area contributed by atoms with Crippen LogP contribution in [0.25, 0.3) is 0 Å². The maximum Gasteiger partial charge on any atom is 0.156 e. The summed E-state index contributed by atoms with van der Waals surface area (Å²) in [7, 11) is 2.28. The topological polar surface area (TPSA) is 4.44 Å². The minimum Gasteiger partial charge on any atom is -1.00 e. The number of halogens is 1. The van der Waals surface area contributed by atoms with Crippen molar-refractivity contribution in [3.8, 4) is 11.8 Å². The van der Waals surface area contributed by atoms with E-state index < -0.39 is 0 Å². The van der Waals surface area contributed by atoms with Crippen molar-refractivity contribution in [3.05, 3.63) is 0 Å². The minimum atomic E-state index is 0. The number of nitrogens with one attached hydrogen (secondary N) is 1. The van der Waals surface area contributed by atoms with E-state index in [0.717, 1.165) is 12.5 Å². The molecule has 1 unspecified atom stereocenters. The maximum absolute atomic E-state index is 3.35. The van der Waals surface area contributed by atoms with Gasteiger partial charge >= 0.3 is 0 Å². The fourth-order valence-electron chi connectivity index (χ4n) is 2.11. The predicted molar refractivity (Wildman–Crippen MR) is 40.7 cm³/mol. The van der Waals surface area contributed by atoms with Crippen molar-refractivity contribution in [2.45, 2.75) is 37.8 Å². The molecule has 1 fully saturated rings. The molecule has 62 valence electrons. The summed E-state index contributed by atoms with van der Waals surface area (Å²) in [5.41, 5.74) is 0.308. The molecule has 11 heavy (non-hydrogen) atoms. The minimum absolute atomic E-state index is 0. The van der Waals surface area contributed by atoms with Gasteiger partial charge in [-0.25, -0.2) is 0 Å². The van der Waals surface area contributed by atoms with Crippen LogP contribution in [0.15, 0.2) is 0 Å². The molecule has 2 rings (SSSR count). The molecule has 1 saturated heterocycles. The van der Waals surface area contributed by atoms with E-state index in [2.05, 4.69) is 25.8 Å². The Balaban J connectivity index is 0.000000605. The van der Waals surface area contributed by atoms with Crippen molar-refractivity contribution in [3.63, 3.8) is 0 Å². The van der Waals surface area contributed by atoms with Gasteiger partial charge in [0.15, 0.2) is 5.54 Å². The van der Waals surface area contributed by atoms with Crippen molar-refractivity contribution < 1.29 is 17.3 Å². The first kappa shape index (κ1) is 8.90. The van der Waals surface area contributed by atoms with Crippen molar-refractivity contribution >= 4 is 0 Å². The summed E-state index contributed by atoms with van der Waals surface area (Å²) in [4.78, 5) is 1.64. The molecule has 0 aromatic heterocycles. The Morgan fingerprint density at radius 1 is 1.55 bits per heavy atom. The van der Waals surface area contributed by atoms with Crippen LogP contribution >= 0.6 is 0 Å².